The monoisotopic (exact) mass is 787 g/mol. The van der Waals surface area contributed by atoms with E-state index < -0.39 is 20.0 Å². The third kappa shape index (κ3) is 8.86. The van der Waals surface area contributed by atoms with Gasteiger partial charge in [-0.25, -0.2) is 31.3 Å². The number of nitrogens with one attached hydrogen (secondary N) is 2. The fourth-order valence-corrected chi connectivity index (χ4v) is 7.13. The minimum Gasteiger partial charge on any atom is -0.506 e. The van der Waals surface area contributed by atoms with Gasteiger partial charge in [-0.3, -0.25) is 0 Å². The number of nitrogens with zero attached hydrogens (tertiary/aromatic N) is 7. The molecule has 51 heavy (non-hydrogen) atoms. The summed E-state index contributed by atoms with van der Waals surface area (Å²) in [7, 11) is -2.98. The number of phenolic OH excluding ortho intramolecular Hbond substituents is 2. The average Bonchev–Trinajstić information content (AvgIpc) is 3.74. The molecule has 2 aromatic heterocycles. The van der Waals surface area contributed by atoms with E-state index >= 15 is 0 Å². The molecule has 0 bridgehead atoms. The molecule has 0 atom stereocenters. The number of hydrogen-bond acceptors (Lipinski definition) is 16. The maximum Gasteiger partial charge on any atom is 0.240 e. The fourth-order valence-electron chi connectivity index (χ4n) is 4.08. The van der Waals surface area contributed by atoms with Crippen molar-refractivity contribution in [2.75, 3.05) is 21.2 Å². The number of halogens is 1. The van der Waals surface area contributed by atoms with Crippen LogP contribution in [0.15, 0.2) is 108 Å². The highest BCUT2D eigenvalue weighted by Gasteiger charge is 2.16. The second kappa shape index (κ2) is 15.9. The maximum absolute atomic E-state index is 12.0. The number of hydrogen-bond donors (Lipinski definition) is 4. The van der Waals surface area contributed by atoms with Crippen LogP contribution in [0.2, 0.25) is 5.02 Å². The third-order valence-corrected chi connectivity index (χ3v) is 11.4. The molecule has 2 heterocycles. The number of sulfonamides is 2. The van der Waals surface area contributed by atoms with Crippen molar-refractivity contribution in [3.05, 3.63) is 77.8 Å². The first kappa shape index (κ1) is 37.3. The minimum absolute atomic E-state index is 0.0209. The van der Waals surface area contributed by atoms with E-state index in [0.717, 1.165) is 23.1 Å². The van der Waals surface area contributed by atoms with E-state index in [-0.39, 0.29) is 32.0 Å². The summed E-state index contributed by atoms with van der Waals surface area (Å²) in [6.07, 6.45) is 1.19. The summed E-state index contributed by atoms with van der Waals surface area (Å²) in [5.74, 6) is -0.0619. The Bertz CT molecular complexity index is 2540. The molecule has 0 aliphatic rings. The summed E-state index contributed by atoms with van der Waals surface area (Å²) < 4.78 is 65.5. The number of aromatic nitrogens is 2. The smallest absolute Gasteiger partial charge is 0.240 e. The Morgan fingerprint density at radius 1 is 0.706 bits per heavy atom. The lowest BCUT2D eigenvalue weighted by atomic mass is 10.2. The number of methoxy groups -OCH3 is 1. The lowest BCUT2D eigenvalue weighted by Crippen LogP contribution is -2.18. The number of rotatable bonds is 10. The molecule has 4 N–H and O–H groups in total. The van der Waals surface area contributed by atoms with E-state index in [4.69, 9.17) is 16.3 Å². The first-order valence-corrected chi connectivity index (χ1v) is 19.1. The number of benzene rings is 4. The molecule has 0 radical (unpaired) electrons. The van der Waals surface area contributed by atoms with Crippen LogP contribution in [-0.2, 0) is 24.8 Å². The van der Waals surface area contributed by atoms with E-state index in [9.17, 15) is 27.0 Å². The van der Waals surface area contributed by atoms with Gasteiger partial charge < -0.3 is 14.9 Å². The van der Waals surface area contributed by atoms with Crippen molar-refractivity contribution in [2.24, 2.45) is 25.4 Å². The van der Waals surface area contributed by atoms with Gasteiger partial charge in [0.1, 0.15) is 17.2 Å². The van der Waals surface area contributed by atoms with Crippen molar-refractivity contribution < 1.29 is 31.8 Å². The van der Waals surface area contributed by atoms with Crippen LogP contribution in [0, 0.1) is 0 Å². The summed E-state index contributed by atoms with van der Waals surface area (Å²) in [4.78, 5) is 4.19. The highest BCUT2D eigenvalue weighted by atomic mass is 35.5. The van der Waals surface area contributed by atoms with Crippen LogP contribution in [0.4, 0.5) is 27.1 Å². The molecule has 6 rings (SSSR count). The van der Waals surface area contributed by atoms with E-state index in [2.05, 4.69) is 43.6 Å². The molecular weight excluding hydrogens is 762 g/mol. The Balaban J connectivity index is 0.000000199. The molecule has 264 valence electrons. The van der Waals surface area contributed by atoms with Gasteiger partial charge in [-0.2, -0.15) is 8.75 Å². The summed E-state index contributed by atoms with van der Waals surface area (Å²) in [5, 5.41) is 37.9. The molecule has 0 amide bonds. The molecule has 16 nitrogen and oxygen atoms in total. The van der Waals surface area contributed by atoms with E-state index in [1.165, 1.54) is 76.1 Å². The van der Waals surface area contributed by atoms with Gasteiger partial charge in [-0.15, -0.1) is 20.5 Å². The molecule has 6 aromatic rings. The van der Waals surface area contributed by atoms with E-state index in [0.29, 0.717) is 43.2 Å². The van der Waals surface area contributed by atoms with Gasteiger partial charge in [0, 0.05) is 10.8 Å². The molecule has 0 fully saturated rings. The molecule has 21 heteroatoms. The Morgan fingerprint density at radius 2 is 1.20 bits per heavy atom. The highest BCUT2D eigenvalue weighted by Crippen LogP contribution is 2.36. The van der Waals surface area contributed by atoms with Crippen LogP contribution < -0.4 is 9.44 Å². The number of azo groups is 2. The second-order valence-electron chi connectivity index (χ2n) is 9.93. The zero-order valence-electron chi connectivity index (χ0n) is 26.6. The molecule has 0 saturated heterocycles. The van der Waals surface area contributed by atoms with Crippen molar-refractivity contribution in [1.82, 2.24) is 18.2 Å². The molecule has 0 unspecified atom stereocenters. The molecular formula is C30H26ClN9O7S4. The van der Waals surface area contributed by atoms with Crippen LogP contribution in [0.3, 0.4) is 0 Å². The van der Waals surface area contributed by atoms with Crippen molar-refractivity contribution in [3.63, 3.8) is 0 Å². The van der Waals surface area contributed by atoms with E-state index in [1.54, 1.807) is 24.3 Å². The zero-order chi connectivity index (χ0) is 36.8. The molecule has 0 aliphatic carbocycles. The highest BCUT2D eigenvalue weighted by molar-refractivity contribution is 7.89. The Labute approximate surface area is 304 Å². The van der Waals surface area contributed by atoms with Gasteiger partial charge in [-0.05, 0) is 110 Å². The van der Waals surface area contributed by atoms with Gasteiger partial charge in [0.25, 0.3) is 0 Å². The van der Waals surface area contributed by atoms with Crippen LogP contribution in [-0.4, -0.2) is 63.4 Å². The predicted molar refractivity (Wildman–Crippen MR) is 196 cm³/mol. The van der Waals surface area contributed by atoms with Crippen LogP contribution in [0.5, 0.6) is 11.5 Å². The summed E-state index contributed by atoms with van der Waals surface area (Å²) in [6, 6.07) is 18.2. The van der Waals surface area contributed by atoms with Crippen LogP contribution >= 0.6 is 34.7 Å². The Kier molecular flexibility index (Phi) is 11.7. The summed E-state index contributed by atoms with van der Waals surface area (Å²) >= 11 is 8.04. The third-order valence-electron chi connectivity index (χ3n) is 6.72. The van der Waals surface area contributed by atoms with Gasteiger partial charge in [0.2, 0.25) is 20.0 Å². The molecule has 0 spiro atoms. The molecule has 0 saturated carbocycles. The van der Waals surface area contributed by atoms with Crippen molar-refractivity contribution in [3.8, 4) is 11.5 Å². The minimum atomic E-state index is -3.57. The van der Waals surface area contributed by atoms with Crippen molar-refractivity contribution >= 4 is 110 Å². The quantitative estimate of drug-likeness (QED) is 0.0607. The number of phenols is 2. The SMILES string of the molecule is CNS(=O)(=O)c1ccc2nsc(N=Nc3ccc(O)c(Cl)c3)c2c1.CNS(=O)(=O)c1ccc2nsc(N=Nc3ccc(O)c(N=COC)c3)c2c1. The largest absolute Gasteiger partial charge is 0.506 e. The average molecular weight is 788 g/mol. The van der Waals surface area contributed by atoms with Crippen molar-refractivity contribution in [2.45, 2.75) is 9.79 Å². The number of ether oxygens (including phenoxy) is 1. The van der Waals surface area contributed by atoms with Gasteiger partial charge >= 0.3 is 0 Å². The van der Waals surface area contributed by atoms with Crippen LogP contribution in [0.1, 0.15) is 0 Å². The van der Waals surface area contributed by atoms with Gasteiger partial charge in [0.05, 0.1) is 44.3 Å². The first-order chi connectivity index (χ1) is 24.3. The lowest BCUT2D eigenvalue weighted by Gasteiger charge is -2.02. The number of aliphatic imine (C=N–C) groups is 1. The summed E-state index contributed by atoms with van der Waals surface area (Å²) in [6.45, 7) is 0. The van der Waals surface area contributed by atoms with E-state index in [1.807, 2.05) is 0 Å². The molecule has 4 aromatic carbocycles. The van der Waals surface area contributed by atoms with Crippen LogP contribution in [0.25, 0.3) is 21.8 Å². The predicted octanol–water partition coefficient (Wildman–Crippen LogP) is 7.61. The van der Waals surface area contributed by atoms with Crippen molar-refractivity contribution in [1.29, 1.82) is 0 Å². The zero-order valence-corrected chi connectivity index (χ0v) is 30.6. The molecule has 0 aliphatic heterocycles. The topological polar surface area (TPSA) is 230 Å². The summed E-state index contributed by atoms with van der Waals surface area (Å²) in [5.41, 5.74) is 2.45. The normalized spacial score (nSPS) is 12.3. The van der Waals surface area contributed by atoms with Gasteiger partial charge in [-0.1, -0.05) is 11.6 Å². The fraction of sp³-hybridized carbons (Fsp3) is 0.100. The maximum atomic E-state index is 12.0. The first-order valence-electron chi connectivity index (χ1n) is 14.2. The second-order valence-corrected chi connectivity index (χ2v) is 15.6. The lowest BCUT2D eigenvalue weighted by molar-refractivity contribution is 0.422. The standard InChI is InChI=1S/C16H15N5O4S2.C14H11ClN4O3S2/c1-17-27(23,24)11-4-5-13-12(8-11)16(26-21-13)20-19-10-3-6-15(22)14(7-10)18-9-25-2;1-16-24(21,22)9-3-4-12-10(7-9)14(23-19-12)18-17-8-2-5-13(20)11(15)6-8/h3-9,17,22H,1-2H3;2-7,16,20H,1H3. The Hall–Kier alpha value is -4.96. The number of aromatic hydroxyl groups is 2. The van der Waals surface area contributed by atoms with Gasteiger partial charge in [0.15, 0.2) is 16.4 Å². The number of fused-ring (bicyclic) bond motifs is 2. The Morgan fingerprint density at radius 3 is 1.67 bits per heavy atom.